The van der Waals surface area contributed by atoms with Gasteiger partial charge >= 0.3 is 0 Å². The summed E-state index contributed by atoms with van der Waals surface area (Å²) < 4.78 is 6.55. The lowest BCUT2D eigenvalue weighted by molar-refractivity contribution is -0.120. The zero-order chi connectivity index (χ0) is 19.3. The number of aryl methyl sites for hydroxylation is 2. The molecule has 1 spiro atoms. The van der Waals surface area contributed by atoms with Crippen LogP contribution in [-0.2, 0) is 16.0 Å². The van der Waals surface area contributed by atoms with E-state index in [4.69, 9.17) is 4.74 Å². The first kappa shape index (κ1) is 18.1. The number of rotatable bonds is 5. The van der Waals surface area contributed by atoms with Crippen molar-refractivity contribution in [1.29, 1.82) is 0 Å². The van der Waals surface area contributed by atoms with E-state index in [2.05, 4.69) is 28.2 Å². The standard InChI is InChI=1S/C22H27N3O2S/c1-14-9-23-15(2)7-19(14)25-11-18-17(20-3-5-22(18,13-25)27-20)10-24-21(26)8-16-4-6-28-12-16/h4,6-7,9,12,17-18,20H,3,5,8,10-11,13H2,1-2H3,(H,24,26)/t17-,18+,20+,22+/m0/s1. The fourth-order valence-corrected chi connectivity index (χ4v) is 6.14. The van der Waals surface area contributed by atoms with Gasteiger partial charge in [-0.3, -0.25) is 9.78 Å². The molecule has 0 aromatic carbocycles. The van der Waals surface area contributed by atoms with Gasteiger partial charge in [0.25, 0.3) is 0 Å². The molecule has 0 saturated carbocycles. The largest absolute Gasteiger partial charge is 0.369 e. The third-order valence-corrected chi connectivity index (χ3v) is 7.55. The Labute approximate surface area is 170 Å². The van der Waals surface area contributed by atoms with E-state index in [9.17, 15) is 4.79 Å². The second-order valence-electron chi connectivity index (χ2n) is 8.64. The Hall–Kier alpha value is -1.92. The fraction of sp³-hybridized carbons (Fsp3) is 0.545. The molecule has 2 aromatic rings. The molecule has 0 unspecified atom stereocenters. The molecule has 3 fully saturated rings. The lowest BCUT2D eigenvalue weighted by Gasteiger charge is -2.29. The predicted octanol–water partition coefficient (Wildman–Crippen LogP) is 3.10. The van der Waals surface area contributed by atoms with Gasteiger partial charge in [-0.15, -0.1) is 0 Å². The van der Waals surface area contributed by atoms with Gasteiger partial charge < -0.3 is 15.0 Å². The molecule has 6 heteroatoms. The zero-order valence-corrected chi connectivity index (χ0v) is 17.3. The molecule has 5 nitrogen and oxygen atoms in total. The van der Waals surface area contributed by atoms with Crippen LogP contribution in [0.3, 0.4) is 0 Å². The number of pyridine rings is 1. The molecule has 28 heavy (non-hydrogen) atoms. The highest BCUT2D eigenvalue weighted by Crippen LogP contribution is 2.55. The van der Waals surface area contributed by atoms with Crippen molar-refractivity contribution in [1.82, 2.24) is 10.3 Å². The smallest absolute Gasteiger partial charge is 0.224 e. The van der Waals surface area contributed by atoms with Gasteiger partial charge in [-0.2, -0.15) is 11.3 Å². The van der Waals surface area contributed by atoms with Crippen LogP contribution in [0, 0.1) is 25.7 Å². The minimum absolute atomic E-state index is 0.0307. The van der Waals surface area contributed by atoms with Gasteiger partial charge in [0.2, 0.25) is 5.91 Å². The summed E-state index contributed by atoms with van der Waals surface area (Å²) >= 11 is 1.64. The summed E-state index contributed by atoms with van der Waals surface area (Å²) in [5.41, 5.74) is 4.62. The van der Waals surface area contributed by atoms with Crippen LogP contribution in [0.1, 0.15) is 29.7 Å². The van der Waals surface area contributed by atoms with Gasteiger partial charge in [0.1, 0.15) is 0 Å². The monoisotopic (exact) mass is 397 g/mol. The summed E-state index contributed by atoms with van der Waals surface area (Å²) in [6, 6.07) is 4.21. The summed E-state index contributed by atoms with van der Waals surface area (Å²) in [7, 11) is 0. The highest BCUT2D eigenvalue weighted by Gasteiger charge is 2.62. The number of aromatic nitrogens is 1. The molecule has 3 aliphatic heterocycles. The fourth-order valence-electron chi connectivity index (χ4n) is 5.47. The molecule has 2 bridgehead atoms. The topological polar surface area (TPSA) is 54.5 Å². The number of hydrogen-bond donors (Lipinski definition) is 1. The number of carbonyl (C=O) groups excluding carboxylic acids is 1. The minimum atomic E-state index is -0.0307. The Morgan fingerprint density at radius 1 is 1.46 bits per heavy atom. The highest BCUT2D eigenvalue weighted by atomic mass is 32.1. The van der Waals surface area contributed by atoms with Crippen molar-refractivity contribution in [3.05, 3.63) is 45.9 Å². The molecular weight excluding hydrogens is 370 g/mol. The molecular formula is C22H27N3O2S. The number of fused-ring (bicyclic) bond motifs is 1. The molecule has 2 aromatic heterocycles. The van der Waals surface area contributed by atoms with Crippen LogP contribution in [-0.4, -0.2) is 42.2 Å². The first-order valence-corrected chi connectivity index (χ1v) is 11.1. The van der Waals surface area contributed by atoms with Crippen LogP contribution in [0.15, 0.2) is 29.1 Å². The third kappa shape index (κ3) is 3.03. The lowest BCUT2D eigenvalue weighted by atomic mass is 9.73. The number of amides is 1. The second kappa shape index (κ2) is 6.85. The van der Waals surface area contributed by atoms with Crippen LogP contribution in [0.25, 0.3) is 0 Å². The summed E-state index contributed by atoms with van der Waals surface area (Å²) in [6.07, 6.45) is 5.00. The van der Waals surface area contributed by atoms with Crippen LogP contribution in [0.4, 0.5) is 5.69 Å². The number of thiophene rings is 1. The number of anilines is 1. The maximum Gasteiger partial charge on any atom is 0.224 e. The second-order valence-corrected chi connectivity index (χ2v) is 9.42. The molecule has 0 radical (unpaired) electrons. The van der Waals surface area contributed by atoms with E-state index >= 15 is 0 Å². The van der Waals surface area contributed by atoms with Gasteiger partial charge in [0, 0.05) is 49.0 Å². The molecule has 1 N–H and O–H groups in total. The maximum atomic E-state index is 12.4. The summed E-state index contributed by atoms with van der Waals surface area (Å²) in [4.78, 5) is 19.3. The highest BCUT2D eigenvalue weighted by molar-refractivity contribution is 7.08. The van der Waals surface area contributed by atoms with E-state index in [0.29, 0.717) is 24.4 Å². The van der Waals surface area contributed by atoms with Crippen molar-refractivity contribution in [3.8, 4) is 0 Å². The van der Waals surface area contributed by atoms with E-state index in [1.165, 1.54) is 11.3 Å². The number of hydrogen-bond acceptors (Lipinski definition) is 5. The Morgan fingerprint density at radius 3 is 3.18 bits per heavy atom. The normalized spacial score (nSPS) is 30.6. The van der Waals surface area contributed by atoms with Crippen molar-refractivity contribution in [2.75, 3.05) is 24.5 Å². The SMILES string of the molecule is Cc1cc(N2C[C@@H]3[C@H](CNC(=O)Cc4ccsc4)[C@H]4CC[C@]3(C2)O4)c(C)cn1. The Balaban J connectivity index is 1.28. The number of nitrogens with one attached hydrogen (secondary N) is 1. The van der Waals surface area contributed by atoms with E-state index in [1.807, 2.05) is 29.9 Å². The average Bonchev–Trinajstić information content (AvgIpc) is 3.43. The number of nitrogens with zero attached hydrogens (tertiary/aromatic N) is 2. The van der Waals surface area contributed by atoms with Crippen molar-refractivity contribution in [3.63, 3.8) is 0 Å². The number of ether oxygens (including phenoxy) is 1. The molecule has 3 saturated heterocycles. The van der Waals surface area contributed by atoms with E-state index in [0.717, 1.165) is 43.7 Å². The first-order chi connectivity index (χ1) is 13.5. The van der Waals surface area contributed by atoms with Gasteiger partial charge in [0.15, 0.2) is 0 Å². The average molecular weight is 398 g/mol. The van der Waals surface area contributed by atoms with Gasteiger partial charge in [0.05, 0.1) is 18.1 Å². The summed E-state index contributed by atoms with van der Waals surface area (Å²) in [5, 5.41) is 7.25. The van der Waals surface area contributed by atoms with Gasteiger partial charge in [-0.05, 0) is 60.7 Å². The molecule has 0 aliphatic carbocycles. The van der Waals surface area contributed by atoms with Crippen molar-refractivity contribution >= 4 is 22.9 Å². The molecule has 3 aliphatic rings. The maximum absolute atomic E-state index is 12.4. The first-order valence-electron chi connectivity index (χ1n) is 10.2. The number of carbonyl (C=O) groups is 1. The third-order valence-electron chi connectivity index (χ3n) is 6.82. The molecule has 1 amide bonds. The molecule has 5 heterocycles. The van der Waals surface area contributed by atoms with Gasteiger partial charge in [-0.1, -0.05) is 0 Å². The molecule has 5 rings (SSSR count). The van der Waals surface area contributed by atoms with E-state index < -0.39 is 0 Å². The zero-order valence-electron chi connectivity index (χ0n) is 16.5. The lowest BCUT2D eigenvalue weighted by Crippen LogP contribution is -2.42. The Kier molecular flexibility index (Phi) is 4.43. The predicted molar refractivity (Wildman–Crippen MR) is 111 cm³/mol. The quantitative estimate of drug-likeness (QED) is 0.842. The minimum Gasteiger partial charge on any atom is -0.369 e. The van der Waals surface area contributed by atoms with Crippen molar-refractivity contribution in [2.24, 2.45) is 11.8 Å². The summed E-state index contributed by atoms with van der Waals surface area (Å²) in [6.45, 7) is 6.87. The Morgan fingerprint density at radius 2 is 2.36 bits per heavy atom. The van der Waals surface area contributed by atoms with Crippen LogP contribution in [0.2, 0.25) is 0 Å². The van der Waals surface area contributed by atoms with Gasteiger partial charge in [-0.25, -0.2) is 0 Å². The van der Waals surface area contributed by atoms with Crippen LogP contribution >= 0.6 is 11.3 Å². The van der Waals surface area contributed by atoms with E-state index in [-0.39, 0.29) is 11.5 Å². The molecule has 148 valence electrons. The van der Waals surface area contributed by atoms with Crippen LogP contribution < -0.4 is 10.2 Å². The van der Waals surface area contributed by atoms with Crippen molar-refractivity contribution in [2.45, 2.75) is 44.8 Å². The van der Waals surface area contributed by atoms with Crippen molar-refractivity contribution < 1.29 is 9.53 Å². The Bertz CT molecular complexity index is 884. The molecule has 4 atom stereocenters. The summed E-state index contributed by atoms with van der Waals surface area (Å²) in [5.74, 6) is 1.01. The van der Waals surface area contributed by atoms with Crippen LogP contribution in [0.5, 0.6) is 0 Å². The van der Waals surface area contributed by atoms with E-state index in [1.54, 1.807) is 11.3 Å².